The van der Waals surface area contributed by atoms with Crippen molar-refractivity contribution in [3.05, 3.63) is 26.7 Å². The summed E-state index contributed by atoms with van der Waals surface area (Å²) in [5, 5.41) is 0. The minimum Gasteiger partial charge on any atom is -0.343 e. The molecule has 3 heterocycles. The van der Waals surface area contributed by atoms with E-state index in [1.54, 1.807) is 7.05 Å². The van der Waals surface area contributed by atoms with Crippen molar-refractivity contribution in [2.75, 3.05) is 13.1 Å². The molecule has 0 aromatic carbocycles. The number of rotatable bonds is 3. The maximum Gasteiger partial charge on any atom is 0.332 e. The first-order valence-corrected chi connectivity index (χ1v) is 7.41. The van der Waals surface area contributed by atoms with E-state index in [0.29, 0.717) is 29.8 Å². The summed E-state index contributed by atoms with van der Waals surface area (Å²) in [6.45, 7) is 1.65. The highest BCUT2D eigenvalue weighted by Gasteiger charge is 2.19. The minimum atomic E-state index is -0.413. The van der Waals surface area contributed by atoms with Crippen LogP contribution in [0.4, 0.5) is 0 Å². The summed E-state index contributed by atoms with van der Waals surface area (Å²) in [7, 11) is 3.01. The van der Waals surface area contributed by atoms with Gasteiger partial charge in [0.05, 0.1) is 0 Å². The number of hydrogen-bond acceptors (Lipinski definition) is 4. The SMILES string of the molecule is Cn1c(=O)c2[nH]c(CCC(=O)N3CCCC3)nc2n(C)c1=O. The summed E-state index contributed by atoms with van der Waals surface area (Å²) in [6, 6.07) is 0. The Bertz CT molecular complexity index is 839. The van der Waals surface area contributed by atoms with E-state index in [1.165, 1.54) is 11.6 Å². The Kier molecular flexibility index (Phi) is 3.59. The van der Waals surface area contributed by atoms with Crippen LogP contribution in [-0.4, -0.2) is 43.0 Å². The van der Waals surface area contributed by atoms with Crippen LogP contribution < -0.4 is 11.2 Å². The molecule has 3 rings (SSSR count). The van der Waals surface area contributed by atoms with Crippen LogP contribution in [0.15, 0.2) is 9.59 Å². The number of nitrogens with one attached hydrogen (secondary N) is 1. The van der Waals surface area contributed by atoms with E-state index < -0.39 is 11.2 Å². The van der Waals surface area contributed by atoms with Crippen molar-refractivity contribution >= 4 is 17.1 Å². The van der Waals surface area contributed by atoms with Crippen LogP contribution in [0.2, 0.25) is 0 Å². The monoisotopic (exact) mass is 305 g/mol. The number of aryl methyl sites for hydroxylation is 2. The van der Waals surface area contributed by atoms with E-state index in [1.807, 2.05) is 4.90 Å². The third kappa shape index (κ3) is 2.34. The highest BCUT2D eigenvalue weighted by molar-refractivity contribution is 5.77. The average Bonchev–Trinajstić information content (AvgIpc) is 3.17. The van der Waals surface area contributed by atoms with E-state index in [2.05, 4.69) is 9.97 Å². The lowest BCUT2D eigenvalue weighted by Gasteiger charge is -2.14. The maximum atomic E-state index is 12.1. The van der Waals surface area contributed by atoms with E-state index >= 15 is 0 Å². The smallest absolute Gasteiger partial charge is 0.332 e. The van der Waals surface area contributed by atoms with Gasteiger partial charge < -0.3 is 9.88 Å². The van der Waals surface area contributed by atoms with Crippen molar-refractivity contribution in [1.29, 1.82) is 0 Å². The fourth-order valence-corrected chi connectivity index (χ4v) is 2.84. The van der Waals surface area contributed by atoms with Crippen LogP contribution in [0.1, 0.15) is 25.1 Å². The Balaban J connectivity index is 1.85. The van der Waals surface area contributed by atoms with Crippen LogP contribution in [0.25, 0.3) is 11.2 Å². The van der Waals surface area contributed by atoms with Crippen LogP contribution in [-0.2, 0) is 25.3 Å². The highest BCUT2D eigenvalue weighted by Crippen LogP contribution is 2.11. The quantitative estimate of drug-likeness (QED) is 0.828. The lowest BCUT2D eigenvalue weighted by Crippen LogP contribution is -2.36. The summed E-state index contributed by atoms with van der Waals surface area (Å²) < 4.78 is 2.37. The zero-order chi connectivity index (χ0) is 15.9. The molecule has 2 aromatic rings. The van der Waals surface area contributed by atoms with Crippen molar-refractivity contribution < 1.29 is 4.79 Å². The summed E-state index contributed by atoms with van der Waals surface area (Å²) in [4.78, 5) is 45.1. The van der Waals surface area contributed by atoms with Gasteiger partial charge in [0.2, 0.25) is 5.91 Å². The van der Waals surface area contributed by atoms with Crippen LogP contribution in [0.3, 0.4) is 0 Å². The Hall–Kier alpha value is -2.38. The van der Waals surface area contributed by atoms with E-state index in [9.17, 15) is 14.4 Å². The van der Waals surface area contributed by atoms with Gasteiger partial charge in [0.25, 0.3) is 5.56 Å². The molecule has 0 unspecified atom stereocenters. The van der Waals surface area contributed by atoms with Crippen LogP contribution in [0.5, 0.6) is 0 Å². The van der Waals surface area contributed by atoms with Gasteiger partial charge in [-0.05, 0) is 12.8 Å². The first kappa shape index (κ1) is 14.6. The molecule has 1 aliphatic rings. The predicted octanol–water partition coefficient (Wildman–Crippen LogP) is -0.485. The molecule has 1 saturated heterocycles. The summed E-state index contributed by atoms with van der Waals surface area (Å²) in [5.74, 6) is 0.667. The lowest BCUT2D eigenvalue weighted by molar-refractivity contribution is -0.130. The van der Waals surface area contributed by atoms with Crippen LogP contribution >= 0.6 is 0 Å². The number of nitrogens with zero attached hydrogens (tertiary/aromatic N) is 4. The molecule has 1 fully saturated rings. The largest absolute Gasteiger partial charge is 0.343 e. The lowest BCUT2D eigenvalue weighted by atomic mass is 10.2. The molecule has 1 amide bonds. The molecule has 118 valence electrons. The second-order valence-electron chi connectivity index (χ2n) is 5.68. The minimum absolute atomic E-state index is 0.111. The van der Waals surface area contributed by atoms with Gasteiger partial charge in [-0.1, -0.05) is 0 Å². The van der Waals surface area contributed by atoms with Crippen molar-refractivity contribution in [1.82, 2.24) is 24.0 Å². The van der Waals surface area contributed by atoms with Crippen molar-refractivity contribution in [3.63, 3.8) is 0 Å². The number of aromatic amines is 1. The topological polar surface area (TPSA) is 93.0 Å². The number of amides is 1. The number of likely N-dealkylation sites (tertiary alicyclic amines) is 1. The molecule has 0 saturated carbocycles. The second kappa shape index (κ2) is 5.43. The summed E-state index contributed by atoms with van der Waals surface area (Å²) in [6.07, 6.45) is 2.92. The van der Waals surface area contributed by atoms with E-state index in [4.69, 9.17) is 0 Å². The highest BCUT2D eigenvalue weighted by atomic mass is 16.2. The normalized spacial score (nSPS) is 14.9. The van der Waals surface area contributed by atoms with Crippen molar-refractivity contribution in [2.24, 2.45) is 14.1 Å². The van der Waals surface area contributed by atoms with Crippen molar-refractivity contribution in [3.8, 4) is 0 Å². The summed E-state index contributed by atoms with van der Waals surface area (Å²) in [5.41, 5.74) is -0.184. The molecule has 0 spiro atoms. The third-order valence-electron chi connectivity index (χ3n) is 4.18. The number of carbonyl (C=O) groups is 1. The number of H-pyrrole nitrogens is 1. The molecule has 0 atom stereocenters. The molecule has 1 N–H and O–H groups in total. The zero-order valence-corrected chi connectivity index (χ0v) is 12.8. The fraction of sp³-hybridized carbons (Fsp3) is 0.571. The van der Waals surface area contributed by atoms with Gasteiger partial charge in [-0.2, -0.15) is 0 Å². The van der Waals surface area contributed by atoms with Crippen molar-refractivity contribution in [2.45, 2.75) is 25.7 Å². The predicted molar refractivity (Wildman–Crippen MR) is 80.7 cm³/mol. The van der Waals surface area contributed by atoms with Gasteiger partial charge in [0, 0.05) is 40.0 Å². The zero-order valence-electron chi connectivity index (χ0n) is 12.8. The molecule has 0 aliphatic carbocycles. The van der Waals surface area contributed by atoms with Gasteiger partial charge in [0.15, 0.2) is 5.65 Å². The van der Waals surface area contributed by atoms with Gasteiger partial charge in [-0.25, -0.2) is 9.78 Å². The molecule has 2 aromatic heterocycles. The third-order valence-corrected chi connectivity index (χ3v) is 4.18. The second-order valence-corrected chi connectivity index (χ2v) is 5.68. The van der Waals surface area contributed by atoms with Gasteiger partial charge in [-0.15, -0.1) is 0 Å². The standard InChI is InChI=1S/C14H19N5O3/c1-17-12-11(13(21)18(2)14(17)22)15-9(16-12)5-6-10(20)19-7-3-4-8-19/h3-8H2,1-2H3,(H,15,16). The van der Waals surface area contributed by atoms with Crippen LogP contribution in [0, 0.1) is 0 Å². The number of hydrogen-bond donors (Lipinski definition) is 1. The molecular formula is C14H19N5O3. The molecule has 1 aliphatic heterocycles. The number of imidazole rings is 1. The molecular weight excluding hydrogens is 286 g/mol. The van der Waals surface area contributed by atoms with Gasteiger partial charge in [-0.3, -0.25) is 18.7 Å². The molecule has 0 radical (unpaired) electrons. The Morgan fingerprint density at radius 3 is 2.55 bits per heavy atom. The first-order valence-electron chi connectivity index (χ1n) is 7.41. The molecule has 8 nitrogen and oxygen atoms in total. The Labute approximate surface area is 126 Å². The Morgan fingerprint density at radius 1 is 1.18 bits per heavy atom. The maximum absolute atomic E-state index is 12.1. The molecule has 8 heteroatoms. The van der Waals surface area contributed by atoms with Gasteiger partial charge >= 0.3 is 5.69 Å². The number of carbonyl (C=O) groups excluding carboxylic acids is 1. The number of fused-ring (bicyclic) bond motifs is 1. The molecule has 0 bridgehead atoms. The van der Waals surface area contributed by atoms with E-state index in [0.717, 1.165) is 30.5 Å². The first-order chi connectivity index (χ1) is 10.5. The van der Waals surface area contributed by atoms with E-state index in [-0.39, 0.29) is 5.91 Å². The summed E-state index contributed by atoms with van der Waals surface area (Å²) >= 11 is 0. The average molecular weight is 305 g/mol. The fourth-order valence-electron chi connectivity index (χ4n) is 2.84. The van der Waals surface area contributed by atoms with Gasteiger partial charge in [0.1, 0.15) is 11.3 Å². The molecule has 22 heavy (non-hydrogen) atoms. The number of aromatic nitrogens is 4. The Morgan fingerprint density at radius 2 is 1.86 bits per heavy atom.